The number of hydrogen-bond donors (Lipinski definition) is 2. The van der Waals surface area contributed by atoms with Crippen molar-refractivity contribution >= 4 is 44.4 Å². The van der Waals surface area contributed by atoms with Gasteiger partial charge in [0.2, 0.25) is 11.0 Å². The summed E-state index contributed by atoms with van der Waals surface area (Å²) >= 11 is 3.17. The molecule has 0 fully saturated rings. The number of aryl methyl sites for hydroxylation is 2. The standard InChI is InChI=1S/C19H21N3O2S2/c1-12-4-7-14(8-5-12)25-11-10-16(23)21-22-19-20-17-15(24-3)9-6-13(2)18(17)26-19/h4-9H,10-11H2,1-3H3,(H,20,22)(H,21,23). The Morgan fingerprint density at radius 1 is 1.19 bits per heavy atom. The van der Waals surface area contributed by atoms with Crippen molar-refractivity contribution in [3.63, 3.8) is 0 Å². The molecule has 0 spiro atoms. The quantitative estimate of drug-likeness (QED) is 0.460. The molecule has 0 aliphatic carbocycles. The molecule has 5 nitrogen and oxygen atoms in total. The van der Waals surface area contributed by atoms with Gasteiger partial charge in [0, 0.05) is 17.1 Å². The summed E-state index contributed by atoms with van der Waals surface area (Å²) in [5.41, 5.74) is 8.80. The van der Waals surface area contributed by atoms with E-state index in [0.717, 1.165) is 27.3 Å². The third-order valence-corrected chi connectivity index (χ3v) is 5.97. The summed E-state index contributed by atoms with van der Waals surface area (Å²) in [5.74, 6) is 1.40. The number of amides is 1. The van der Waals surface area contributed by atoms with Gasteiger partial charge in [0.1, 0.15) is 11.3 Å². The molecule has 0 radical (unpaired) electrons. The fraction of sp³-hybridized carbons (Fsp3) is 0.263. The number of hydrogen-bond acceptors (Lipinski definition) is 6. The number of methoxy groups -OCH3 is 1. The Bertz CT molecular complexity index is 907. The lowest BCUT2D eigenvalue weighted by atomic mass is 10.2. The van der Waals surface area contributed by atoms with Gasteiger partial charge >= 0.3 is 0 Å². The van der Waals surface area contributed by atoms with Gasteiger partial charge in [-0.15, -0.1) is 11.8 Å². The molecule has 0 aliphatic rings. The van der Waals surface area contributed by atoms with Crippen molar-refractivity contribution in [2.24, 2.45) is 0 Å². The molecule has 0 saturated heterocycles. The number of carbonyl (C=O) groups is 1. The highest BCUT2D eigenvalue weighted by atomic mass is 32.2. The summed E-state index contributed by atoms with van der Waals surface area (Å²) < 4.78 is 6.40. The highest BCUT2D eigenvalue weighted by molar-refractivity contribution is 7.99. The number of benzene rings is 2. The van der Waals surface area contributed by atoms with Gasteiger partial charge in [0.15, 0.2) is 0 Å². The van der Waals surface area contributed by atoms with Crippen LogP contribution in [0.25, 0.3) is 10.2 Å². The summed E-state index contributed by atoms with van der Waals surface area (Å²) in [6.45, 7) is 4.09. The molecule has 0 bridgehead atoms. The van der Waals surface area contributed by atoms with E-state index in [1.165, 1.54) is 21.8 Å². The Morgan fingerprint density at radius 3 is 2.69 bits per heavy atom. The Kier molecular flexibility index (Phi) is 6.00. The topological polar surface area (TPSA) is 63.2 Å². The predicted octanol–water partition coefficient (Wildman–Crippen LogP) is 4.55. The fourth-order valence-electron chi connectivity index (χ4n) is 2.41. The summed E-state index contributed by atoms with van der Waals surface area (Å²) in [5, 5.41) is 0.645. The average Bonchev–Trinajstić information content (AvgIpc) is 3.07. The number of fused-ring (bicyclic) bond motifs is 1. The van der Waals surface area contributed by atoms with Gasteiger partial charge < -0.3 is 4.74 Å². The molecule has 0 unspecified atom stereocenters. The Balaban J connectivity index is 1.52. The summed E-state index contributed by atoms with van der Waals surface area (Å²) in [4.78, 5) is 17.7. The molecule has 0 atom stereocenters. The van der Waals surface area contributed by atoms with Crippen LogP contribution in [-0.2, 0) is 4.79 Å². The van der Waals surface area contributed by atoms with Gasteiger partial charge in [-0.05, 0) is 37.6 Å². The molecule has 26 heavy (non-hydrogen) atoms. The number of anilines is 1. The fourth-order valence-corrected chi connectivity index (χ4v) is 4.17. The maximum Gasteiger partial charge on any atom is 0.239 e. The van der Waals surface area contributed by atoms with Crippen LogP contribution in [0.4, 0.5) is 5.13 Å². The normalized spacial score (nSPS) is 10.7. The van der Waals surface area contributed by atoms with E-state index < -0.39 is 0 Å². The first-order chi connectivity index (χ1) is 12.6. The zero-order chi connectivity index (χ0) is 18.5. The molecule has 2 N–H and O–H groups in total. The maximum absolute atomic E-state index is 12.0. The largest absolute Gasteiger partial charge is 0.494 e. The number of thiazole rings is 1. The van der Waals surface area contributed by atoms with Crippen molar-refractivity contribution in [2.45, 2.75) is 25.2 Å². The summed E-state index contributed by atoms with van der Waals surface area (Å²) in [6.07, 6.45) is 0.429. The van der Waals surface area contributed by atoms with Crippen molar-refractivity contribution in [2.75, 3.05) is 18.3 Å². The molecule has 136 valence electrons. The second kappa shape index (κ2) is 8.42. The van der Waals surface area contributed by atoms with Gasteiger partial charge in [-0.2, -0.15) is 0 Å². The number of ether oxygens (including phenoxy) is 1. The van der Waals surface area contributed by atoms with Crippen molar-refractivity contribution in [3.05, 3.63) is 47.5 Å². The number of carbonyl (C=O) groups excluding carboxylic acids is 1. The Morgan fingerprint density at radius 2 is 1.96 bits per heavy atom. The Hall–Kier alpha value is -2.25. The van der Waals surface area contributed by atoms with Crippen LogP contribution in [0.3, 0.4) is 0 Å². The zero-order valence-corrected chi connectivity index (χ0v) is 16.6. The molecule has 0 aliphatic heterocycles. The molecular formula is C19H21N3O2S2. The van der Waals surface area contributed by atoms with Crippen LogP contribution in [0.1, 0.15) is 17.5 Å². The molecule has 1 aromatic heterocycles. The van der Waals surface area contributed by atoms with Gasteiger partial charge in [0.25, 0.3) is 0 Å². The van der Waals surface area contributed by atoms with Crippen molar-refractivity contribution in [1.29, 1.82) is 0 Å². The van der Waals surface area contributed by atoms with Crippen molar-refractivity contribution < 1.29 is 9.53 Å². The second-order valence-electron chi connectivity index (χ2n) is 5.87. The van der Waals surface area contributed by atoms with E-state index in [2.05, 4.69) is 47.0 Å². The number of rotatable bonds is 7. The number of aromatic nitrogens is 1. The van der Waals surface area contributed by atoms with E-state index in [4.69, 9.17) is 4.74 Å². The zero-order valence-electron chi connectivity index (χ0n) is 15.0. The van der Waals surface area contributed by atoms with Gasteiger partial charge in [-0.3, -0.25) is 15.6 Å². The minimum atomic E-state index is -0.0624. The highest BCUT2D eigenvalue weighted by Crippen LogP contribution is 2.34. The molecule has 7 heteroatoms. The first-order valence-electron chi connectivity index (χ1n) is 8.25. The summed E-state index contributed by atoms with van der Waals surface area (Å²) in [6, 6.07) is 12.2. The second-order valence-corrected chi connectivity index (χ2v) is 8.03. The highest BCUT2D eigenvalue weighted by Gasteiger charge is 2.11. The number of nitrogens with zero attached hydrogens (tertiary/aromatic N) is 1. The van der Waals surface area contributed by atoms with E-state index in [9.17, 15) is 4.79 Å². The smallest absolute Gasteiger partial charge is 0.239 e. The van der Waals surface area contributed by atoms with Gasteiger partial charge in [-0.25, -0.2) is 4.98 Å². The number of thioether (sulfide) groups is 1. The van der Waals surface area contributed by atoms with Crippen LogP contribution < -0.4 is 15.6 Å². The van der Waals surface area contributed by atoms with Crippen LogP contribution in [0.15, 0.2) is 41.3 Å². The molecule has 2 aromatic carbocycles. The molecular weight excluding hydrogens is 366 g/mol. The van der Waals surface area contributed by atoms with E-state index >= 15 is 0 Å². The third kappa shape index (κ3) is 4.47. The molecule has 1 heterocycles. The first kappa shape index (κ1) is 18.5. The van der Waals surface area contributed by atoms with Crippen molar-refractivity contribution in [3.8, 4) is 5.75 Å². The van der Waals surface area contributed by atoms with Crippen molar-refractivity contribution in [1.82, 2.24) is 10.4 Å². The summed E-state index contributed by atoms with van der Waals surface area (Å²) in [7, 11) is 1.63. The minimum absolute atomic E-state index is 0.0624. The van der Waals surface area contributed by atoms with E-state index in [1.807, 2.05) is 19.1 Å². The minimum Gasteiger partial charge on any atom is -0.494 e. The maximum atomic E-state index is 12.0. The predicted molar refractivity (Wildman–Crippen MR) is 109 cm³/mol. The van der Waals surface area contributed by atoms with Crippen LogP contribution >= 0.6 is 23.1 Å². The van der Waals surface area contributed by atoms with E-state index in [-0.39, 0.29) is 5.91 Å². The first-order valence-corrected chi connectivity index (χ1v) is 10.1. The van der Waals surface area contributed by atoms with E-state index in [0.29, 0.717) is 11.6 Å². The molecule has 3 rings (SSSR count). The third-order valence-electron chi connectivity index (χ3n) is 3.85. The SMILES string of the molecule is COc1ccc(C)c2sc(NNC(=O)CCSc3ccc(C)cc3)nc12. The lowest BCUT2D eigenvalue weighted by Crippen LogP contribution is -2.29. The van der Waals surface area contributed by atoms with Crippen LogP contribution in [0, 0.1) is 13.8 Å². The number of hydrazine groups is 1. The van der Waals surface area contributed by atoms with Gasteiger partial charge in [0.05, 0.1) is 11.8 Å². The van der Waals surface area contributed by atoms with Crippen LogP contribution in [0.2, 0.25) is 0 Å². The molecule has 3 aromatic rings. The Labute approximate surface area is 161 Å². The lowest BCUT2D eigenvalue weighted by molar-refractivity contribution is -0.120. The molecule has 1 amide bonds. The number of nitrogens with one attached hydrogen (secondary N) is 2. The van der Waals surface area contributed by atoms with E-state index in [1.54, 1.807) is 18.9 Å². The van der Waals surface area contributed by atoms with Crippen LogP contribution in [-0.4, -0.2) is 23.8 Å². The molecule has 0 saturated carbocycles. The van der Waals surface area contributed by atoms with Gasteiger partial charge in [-0.1, -0.05) is 35.1 Å². The average molecular weight is 388 g/mol. The lowest BCUT2D eigenvalue weighted by Gasteiger charge is -2.05. The monoisotopic (exact) mass is 387 g/mol. The van der Waals surface area contributed by atoms with Crippen LogP contribution in [0.5, 0.6) is 5.75 Å².